The van der Waals surface area contributed by atoms with Crippen LogP contribution in [-0.2, 0) is 21.9 Å². The Balaban J connectivity index is 0.000000440. The summed E-state index contributed by atoms with van der Waals surface area (Å²) < 4.78 is 79.3. The lowest BCUT2D eigenvalue weighted by Gasteiger charge is -2.28. The summed E-state index contributed by atoms with van der Waals surface area (Å²) in [5.41, 5.74) is -3.68. The third-order valence-electron chi connectivity index (χ3n) is 4.94. The molecule has 13 heteroatoms. The number of halogens is 6. The number of aliphatic hydroxyl groups is 1. The summed E-state index contributed by atoms with van der Waals surface area (Å²) >= 11 is 0. The van der Waals surface area contributed by atoms with Crippen LogP contribution in [-0.4, -0.2) is 45.3 Å². The number of carboxylic acid groups (broad SMARTS) is 2. The van der Waals surface area contributed by atoms with Crippen LogP contribution in [0.3, 0.4) is 0 Å². The van der Waals surface area contributed by atoms with Gasteiger partial charge in [0.25, 0.3) is 0 Å². The Kier molecular flexibility index (Phi) is 8.61. The zero-order valence-corrected chi connectivity index (χ0v) is 17.3. The van der Waals surface area contributed by atoms with Crippen molar-refractivity contribution in [2.75, 3.05) is 13.1 Å². The van der Waals surface area contributed by atoms with E-state index in [0.29, 0.717) is 37.3 Å². The van der Waals surface area contributed by atoms with Crippen LogP contribution in [0.4, 0.5) is 26.3 Å². The Morgan fingerprint density at radius 1 is 1.06 bits per heavy atom. The molecular weight excluding hydrogens is 474 g/mol. The second-order valence-electron chi connectivity index (χ2n) is 7.36. The second kappa shape index (κ2) is 10.8. The van der Waals surface area contributed by atoms with Gasteiger partial charge in [0.15, 0.2) is 0 Å². The van der Waals surface area contributed by atoms with E-state index < -0.39 is 47.2 Å². The fourth-order valence-electron chi connectivity index (χ4n) is 3.44. The Bertz CT molecular complexity index is 1050. The number of alkyl halides is 6. The predicted molar refractivity (Wildman–Crippen MR) is 107 cm³/mol. The molecule has 2 aromatic rings. The first-order chi connectivity index (χ1) is 15.7. The summed E-state index contributed by atoms with van der Waals surface area (Å²) in [5, 5.41) is 29.2. The van der Waals surface area contributed by atoms with E-state index in [4.69, 9.17) is 10.2 Å². The molecule has 1 saturated heterocycles. The highest BCUT2D eigenvalue weighted by atomic mass is 19.4. The number of carboxylic acids is 2. The van der Waals surface area contributed by atoms with Gasteiger partial charge in [-0.15, -0.1) is 0 Å². The van der Waals surface area contributed by atoms with E-state index in [9.17, 15) is 41.0 Å². The van der Waals surface area contributed by atoms with Crippen molar-refractivity contribution in [1.82, 2.24) is 10.3 Å². The highest BCUT2D eigenvalue weighted by molar-refractivity contribution is 5.89. The van der Waals surface area contributed by atoms with E-state index >= 15 is 0 Å². The largest absolute Gasteiger partial charge is 0.478 e. The van der Waals surface area contributed by atoms with Gasteiger partial charge in [-0.2, -0.15) is 26.3 Å². The van der Waals surface area contributed by atoms with E-state index in [0.717, 1.165) is 19.0 Å². The number of rotatable bonds is 4. The lowest BCUT2D eigenvalue weighted by Crippen LogP contribution is -2.33. The Labute approximate surface area is 188 Å². The fourth-order valence-corrected chi connectivity index (χ4v) is 3.44. The van der Waals surface area contributed by atoms with Crippen LogP contribution < -0.4 is 5.32 Å². The highest BCUT2D eigenvalue weighted by Crippen LogP contribution is 2.40. The third kappa shape index (κ3) is 7.15. The molecule has 7 nitrogen and oxygen atoms in total. The SMILES string of the molecule is O=C(O)/C=C/C(=O)O.OC(c1cc(C(F)(F)F)nc2c(C(F)(F)F)cccc12)C1CCCNC1. The molecule has 1 aliphatic heterocycles. The van der Waals surface area contributed by atoms with Crippen LogP contribution in [0.5, 0.6) is 0 Å². The number of nitrogens with zero attached hydrogens (tertiary/aromatic N) is 1. The number of fused-ring (bicyclic) bond motifs is 1. The van der Waals surface area contributed by atoms with Gasteiger partial charge in [0.1, 0.15) is 5.69 Å². The summed E-state index contributed by atoms with van der Waals surface area (Å²) in [6, 6.07) is 3.71. The van der Waals surface area contributed by atoms with Crippen LogP contribution in [0.25, 0.3) is 10.9 Å². The number of hydrogen-bond donors (Lipinski definition) is 4. The van der Waals surface area contributed by atoms with Crippen LogP contribution in [0.2, 0.25) is 0 Å². The van der Waals surface area contributed by atoms with E-state index in [2.05, 4.69) is 10.3 Å². The number of piperidine rings is 1. The number of aliphatic carboxylic acids is 2. The Hall–Kier alpha value is -3.19. The van der Waals surface area contributed by atoms with Gasteiger partial charge in [-0.05, 0) is 37.1 Å². The van der Waals surface area contributed by atoms with Crippen molar-refractivity contribution < 1.29 is 51.3 Å². The minimum absolute atomic E-state index is 0.120. The van der Waals surface area contributed by atoms with Gasteiger partial charge < -0.3 is 20.6 Å². The van der Waals surface area contributed by atoms with Crippen molar-refractivity contribution in [2.24, 2.45) is 5.92 Å². The van der Waals surface area contributed by atoms with Gasteiger partial charge >= 0.3 is 24.3 Å². The van der Waals surface area contributed by atoms with Crippen molar-refractivity contribution in [3.8, 4) is 0 Å². The summed E-state index contributed by atoms with van der Waals surface area (Å²) in [4.78, 5) is 22.3. The maximum atomic E-state index is 13.2. The maximum absolute atomic E-state index is 13.2. The average molecular weight is 494 g/mol. The normalized spacial score (nSPS) is 17.8. The molecule has 1 fully saturated rings. The van der Waals surface area contributed by atoms with E-state index in [-0.39, 0.29) is 16.9 Å². The molecule has 0 saturated carbocycles. The molecular formula is C21H20F6N2O5. The molecule has 0 spiro atoms. The van der Waals surface area contributed by atoms with Gasteiger partial charge in [-0.3, -0.25) is 0 Å². The molecule has 34 heavy (non-hydrogen) atoms. The minimum Gasteiger partial charge on any atom is -0.478 e. The molecule has 0 radical (unpaired) electrons. The van der Waals surface area contributed by atoms with Crippen molar-refractivity contribution >= 4 is 22.8 Å². The number of pyridine rings is 1. The van der Waals surface area contributed by atoms with Crippen LogP contribution in [0.1, 0.15) is 35.8 Å². The predicted octanol–water partition coefficient (Wildman–Crippen LogP) is 4.02. The molecule has 1 aliphatic rings. The van der Waals surface area contributed by atoms with Crippen molar-refractivity contribution in [3.05, 3.63) is 53.2 Å². The lowest BCUT2D eigenvalue weighted by molar-refractivity contribution is -0.142. The highest BCUT2D eigenvalue weighted by Gasteiger charge is 2.38. The number of nitrogens with one attached hydrogen (secondary N) is 1. The number of benzene rings is 1. The van der Waals surface area contributed by atoms with Gasteiger partial charge in [-0.1, -0.05) is 12.1 Å². The first kappa shape index (κ1) is 27.1. The molecule has 2 heterocycles. The smallest absolute Gasteiger partial charge is 0.433 e. The van der Waals surface area contributed by atoms with Gasteiger partial charge in [-0.25, -0.2) is 14.6 Å². The minimum atomic E-state index is -4.92. The number of para-hydroxylation sites is 1. The molecule has 0 aliphatic carbocycles. The summed E-state index contributed by atoms with van der Waals surface area (Å²) in [6.45, 7) is 1.11. The molecule has 1 aromatic carbocycles. The molecule has 4 N–H and O–H groups in total. The number of carbonyl (C=O) groups is 2. The third-order valence-corrected chi connectivity index (χ3v) is 4.94. The van der Waals surface area contributed by atoms with Crippen LogP contribution in [0, 0.1) is 5.92 Å². The topological polar surface area (TPSA) is 120 Å². The lowest BCUT2D eigenvalue weighted by atomic mass is 9.87. The zero-order valence-electron chi connectivity index (χ0n) is 17.3. The van der Waals surface area contributed by atoms with E-state index in [1.54, 1.807) is 0 Å². The number of aromatic nitrogens is 1. The van der Waals surface area contributed by atoms with Gasteiger partial charge in [0.2, 0.25) is 0 Å². The molecule has 0 amide bonds. The second-order valence-corrected chi connectivity index (χ2v) is 7.36. The summed E-state index contributed by atoms with van der Waals surface area (Å²) in [7, 11) is 0. The monoisotopic (exact) mass is 494 g/mol. The fraction of sp³-hybridized carbons (Fsp3) is 0.381. The molecule has 2 atom stereocenters. The van der Waals surface area contributed by atoms with Crippen molar-refractivity contribution in [3.63, 3.8) is 0 Å². The molecule has 186 valence electrons. The number of aliphatic hydroxyl groups excluding tert-OH is 1. The van der Waals surface area contributed by atoms with Gasteiger partial charge in [0.05, 0.1) is 17.2 Å². The van der Waals surface area contributed by atoms with Crippen molar-refractivity contribution in [1.29, 1.82) is 0 Å². The Morgan fingerprint density at radius 3 is 2.15 bits per heavy atom. The average Bonchev–Trinajstić information content (AvgIpc) is 2.75. The quantitative estimate of drug-likeness (QED) is 0.375. The molecule has 3 rings (SSSR count). The molecule has 2 unspecified atom stereocenters. The van der Waals surface area contributed by atoms with E-state index in [1.807, 2.05) is 0 Å². The standard InChI is InChI=1S/C17H16F6N2O.C4H4O4/c18-16(19,20)12-5-1-4-10-11(15(26)9-3-2-6-24-8-9)7-13(17(21,22)23)25-14(10)12;5-3(6)1-2-4(7)8/h1,4-5,7,9,15,24,26H,2-3,6,8H2;1-2H,(H,5,6)(H,7,8)/b;2-1+. The zero-order chi connectivity index (χ0) is 25.7. The van der Waals surface area contributed by atoms with Crippen molar-refractivity contribution in [2.45, 2.75) is 31.3 Å². The van der Waals surface area contributed by atoms with E-state index in [1.165, 1.54) is 6.07 Å². The van der Waals surface area contributed by atoms with Gasteiger partial charge in [0, 0.05) is 30.0 Å². The first-order valence-corrected chi connectivity index (χ1v) is 9.82. The molecule has 0 bridgehead atoms. The number of hydrogen-bond acceptors (Lipinski definition) is 5. The first-order valence-electron chi connectivity index (χ1n) is 9.82. The maximum Gasteiger partial charge on any atom is 0.433 e. The van der Waals surface area contributed by atoms with Crippen LogP contribution in [0.15, 0.2) is 36.4 Å². The molecule has 1 aromatic heterocycles. The Morgan fingerprint density at radius 2 is 1.68 bits per heavy atom. The summed E-state index contributed by atoms with van der Waals surface area (Å²) in [6.07, 6.45) is -8.69. The van der Waals surface area contributed by atoms with Crippen LogP contribution >= 0.6 is 0 Å². The summed E-state index contributed by atoms with van der Waals surface area (Å²) in [5.74, 6) is -2.90.